The molecule has 0 bridgehead atoms. The Bertz CT molecular complexity index is 478. The van der Waals surface area contributed by atoms with Crippen molar-refractivity contribution in [3.8, 4) is 0 Å². The lowest BCUT2D eigenvalue weighted by atomic mass is 9.88. The lowest BCUT2D eigenvalue weighted by molar-refractivity contribution is -0.130. The molecule has 0 unspecified atom stereocenters. The maximum atomic E-state index is 12.4. The first-order valence-corrected chi connectivity index (χ1v) is 8.17. The molecule has 1 heterocycles. The normalized spacial score (nSPS) is 17.2. The minimum atomic E-state index is -0.502. The second-order valence-corrected chi connectivity index (χ2v) is 6.49. The Kier molecular flexibility index (Phi) is 5.98. The monoisotopic (exact) mass is 306 g/mol. The molecule has 1 atom stereocenters. The topological polar surface area (TPSA) is 86.9 Å². The average Bonchev–Trinajstić information content (AvgIpc) is 2.99. The van der Waals surface area contributed by atoms with Gasteiger partial charge in [-0.1, -0.05) is 33.1 Å². The summed E-state index contributed by atoms with van der Waals surface area (Å²) in [5.74, 6) is 0.755. The lowest BCUT2D eigenvalue weighted by Crippen LogP contribution is -2.47. The van der Waals surface area contributed by atoms with Crippen molar-refractivity contribution in [3.63, 3.8) is 0 Å². The zero-order valence-corrected chi connectivity index (χ0v) is 13.4. The van der Waals surface area contributed by atoms with Crippen molar-refractivity contribution in [2.75, 3.05) is 5.32 Å². The molecule has 2 amide bonds. The molecule has 1 aliphatic rings. The SMILES string of the molecule is CC(C)C[C@@H](NC(=O)C1CCCCC1)C(=O)Nc1ccn[nH]1. The molecular formula is C16H26N4O2. The molecule has 0 aromatic carbocycles. The van der Waals surface area contributed by atoms with E-state index in [0.717, 1.165) is 25.7 Å². The summed E-state index contributed by atoms with van der Waals surface area (Å²) in [7, 11) is 0. The first-order chi connectivity index (χ1) is 10.6. The van der Waals surface area contributed by atoms with Crippen LogP contribution in [0.25, 0.3) is 0 Å². The van der Waals surface area contributed by atoms with Gasteiger partial charge in [0.2, 0.25) is 11.8 Å². The van der Waals surface area contributed by atoms with Crippen LogP contribution in [0.2, 0.25) is 0 Å². The minimum absolute atomic E-state index is 0.0186. The van der Waals surface area contributed by atoms with Gasteiger partial charge >= 0.3 is 0 Å². The summed E-state index contributed by atoms with van der Waals surface area (Å²) >= 11 is 0. The van der Waals surface area contributed by atoms with E-state index < -0.39 is 6.04 Å². The van der Waals surface area contributed by atoms with Crippen molar-refractivity contribution in [2.24, 2.45) is 11.8 Å². The molecule has 1 fully saturated rings. The molecule has 2 rings (SSSR count). The Morgan fingerprint density at radius 2 is 2.05 bits per heavy atom. The fraction of sp³-hybridized carbons (Fsp3) is 0.688. The quantitative estimate of drug-likeness (QED) is 0.754. The van der Waals surface area contributed by atoms with Gasteiger partial charge in [0.1, 0.15) is 11.9 Å². The molecular weight excluding hydrogens is 280 g/mol. The summed E-state index contributed by atoms with van der Waals surface area (Å²) < 4.78 is 0. The van der Waals surface area contributed by atoms with Gasteiger partial charge in [-0.15, -0.1) is 0 Å². The highest BCUT2D eigenvalue weighted by molar-refractivity contribution is 5.96. The highest BCUT2D eigenvalue weighted by atomic mass is 16.2. The van der Waals surface area contributed by atoms with E-state index in [1.54, 1.807) is 12.3 Å². The van der Waals surface area contributed by atoms with Crippen LogP contribution in [0.3, 0.4) is 0 Å². The van der Waals surface area contributed by atoms with Crippen LogP contribution in [0.15, 0.2) is 12.3 Å². The molecule has 0 saturated heterocycles. The molecule has 6 nitrogen and oxygen atoms in total. The van der Waals surface area contributed by atoms with Crippen LogP contribution < -0.4 is 10.6 Å². The fourth-order valence-electron chi connectivity index (χ4n) is 2.90. The van der Waals surface area contributed by atoms with Crippen LogP contribution >= 0.6 is 0 Å². The molecule has 1 saturated carbocycles. The molecule has 0 radical (unpaired) electrons. The third kappa shape index (κ3) is 4.86. The van der Waals surface area contributed by atoms with Crippen LogP contribution in [0.1, 0.15) is 52.4 Å². The van der Waals surface area contributed by atoms with E-state index in [4.69, 9.17) is 0 Å². The molecule has 122 valence electrons. The molecule has 22 heavy (non-hydrogen) atoms. The number of aromatic amines is 1. The second-order valence-electron chi connectivity index (χ2n) is 6.49. The maximum Gasteiger partial charge on any atom is 0.248 e. The van der Waals surface area contributed by atoms with Crippen LogP contribution in [0.5, 0.6) is 0 Å². The Morgan fingerprint density at radius 1 is 1.32 bits per heavy atom. The third-order valence-corrected chi connectivity index (χ3v) is 4.07. The van der Waals surface area contributed by atoms with Crippen LogP contribution in [-0.2, 0) is 9.59 Å². The van der Waals surface area contributed by atoms with Gasteiger partial charge in [0.05, 0.1) is 6.20 Å². The van der Waals surface area contributed by atoms with Gasteiger partial charge in [0, 0.05) is 12.0 Å². The molecule has 1 aliphatic carbocycles. The predicted molar refractivity (Wildman–Crippen MR) is 85.2 cm³/mol. The summed E-state index contributed by atoms with van der Waals surface area (Å²) in [6.07, 6.45) is 7.48. The first-order valence-electron chi connectivity index (χ1n) is 8.17. The number of hydrogen-bond donors (Lipinski definition) is 3. The summed E-state index contributed by atoms with van der Waals surface area (Å²) in [4.78, 5) is 24.8. The summed E-state index contributed by atoms with van der Waals surface area (Å²) in [6.45, 7) is 4.09. The van der Waals surface area contributed by atoms with E-state index in [0.29, 0.717) is 18.2 Å². The molecule has 0 aliphatic heterocycles. The van der Waals surface area contributed by atoms with Crippen molar-refractivity contribution < 1.29 is 9.59 Å². The van der Waals surface area contributed by atoms with Crippen molar-refractivity contribution in [1.82, 2.24) is 15.5 Å². The van der Waals surface area contributed by atoms with Crippen molar-refractivity contribution in [3.05, 3.63) is 12.3 Å². The Labute approximate surface area is 131 Å². The van der Waals surface area contributed by atoms with E-state index >= 15 is 0 Å². The average molecular weight is 306 g/mol. The van der Waals surface area contributed by atoms with E-state index in [2.05, 4.69) is 20.8 Å². The van der Waals surface area contributed by atoms with Gasteiger partial charge < -0.3 is 10.6 Å². The van der Waals surface area contributed by atoms with Crippen molar-refractivity contribution in [2.45, 2.75) is 58.4 Å². The number of aromatic nitrogens is 2. The number of nitrogens with zero attached hydrogens (tertiary/aromatic N) is 1. The van der Waals surface area contributed by atoms with E-state index in [-0.39, 0.29) is 17.7 Å². The molecule has 1 aromatic heterocycles. The Balaban J connectivity index is 1.95. The molecule has 0 spiro atoms. The van der Waals surface area contributed by atoms with Gasteiger partial charge in [0.25, 0.3) is 0 Å². The number of amides is 2. The summed E-state index contributed by atoms with van der Waals surface area (Å²) in [5, 5.41) is 12.2. The fourth-order valence-corrected chi connectivity index (χ4v) is 2.90. The Hall–Kier alpha value is -1.85. The van der Waals surface area contributed by atoms with Gasteiger partial charge in [-0.3, -0.25) is 14.7 Å². The maximum absolute atomic E-state index is 12.4. The van der Waals surface area contributed by atoms with Crippen molar-refractivity contribution in [1.29, 1.82) is 0 Å². The number of rotatable bonds is 6. The van der Waals surface area contributed by atoms with Crippen molar-refractivity contribution >= 4 is 17.6 Å². The van der Waals surface area contributed by atoms with Crippen LogP contribution in [-0.4, -0.2) is 28.1 Å². The van der Waals surface area contributed by atoms with E-state index in [1.807, 2.05) is 13.8 Å². The number of carbonyl (C=O) groups is 2. The molecule has 6 heteroatoms. The van der Waals surface area contributed by atoms with Crippen LogP contribution in [0, 0.1) is 11.8 Å². The zero-order chi connectivity index (χ0) is 15.9. The largest absolute Gasteiger partial charge is 0.344 e. The van der Waals surface area contributed by atoms with Crippen LogP contribution in [0.4, 0.5) is 5.82 Å². The van der Waals surface area contributed by atoms with Gasteiger partial charge in [0.15, 0.2) is 0 Å². The first kappa shape index (κ1) is 16.5. The zero-order valence-electron chi connectivity index (χ0n) is 13.4. The Morgan fingerprint density at radius 3 is 2.64 bits per heavy atom. The number of carbonyl (C=O) groups excluding carboxylic acids is 2. The third-order valence-electron chi connectivity index (χ3n) is 4.07. The predicted octanol–water partition coefficient (Wildman–Crippen LogP) is 2.46. The number of hydrogen-bond acceptors (Lipinski definition) is 3. The highest BCUT2D eigenvalue weighted by Gasteiger charge is 2.27. The number of nitrogens with one attached hydrogen (secondary N) is 3. The van der Waals surface area contributed by atoms with E-state index in [1.165, 1.54) is 6.42 Å². The summed E-state index contributed by atoms with van der Waals surface area (Å²) in [6, 6.07) is 1.19. The lowest BCUT2D eigenvalue weighted by Gasteiger charge is -2.25. The number of H-pyrrole nitrogens is 1. The van der Waals surface area contributed by atoms with Gasteiger partial charge in [-0.25, -0.2) is 0 Å². The molecule has 1 aromatic rings. The number of anilines is 1. The smallest absolute Gasteiger partial charge is 0.248 e. The second kappa shape index (κ2) is 7.96. The summed E-state index contributed by atoms with van der Waals surface area (Å²) in [5.41, 5.74) is 0. The molecule has 3 N–H and O–H groups in total. The standard InChI is InChI=1S/C16H26N4O2/c1-11(2)10-13(16(22)19-14-8-9-17-20-14)18-15(21)12-6-4-3-5-7-12/h8-9,11-13H,3-7,10H2,1-2H3,(H,18,21)(H2,17,19,20,22)/t13-/m1/s1. The minimum Gasteiger partial charge on any atom is -0.344 e. The van der Waals surface area contributed by atoms with Gasteiger partial charge in [-0.2, -0.15) is 5.10 Å². The van der Waals surface area contributed by atoms with E-state index in [9.17, 15) is 9.59 Å². The van der Waals surface area contributed by atoms with Gasteiger partial charge in [-0.05, 0) is 25.2 Å². The highest BCUT2D eigenvalue weighted by Crippen LogP contribution is 2.24.